The predicted octanol–water partition coefficient (Wildman–Crippen LogP) is 0.342. The van der Waals surface area contributed by atoms with E-state index in [0.29, 0.717) is 6.54 Å². The van der Waals surface area contributed by atoms with Crippen molar-refractivity contribution in [3.05, 3.63) is 12.7 Å². The van der Waals surface area contributed by atoms with Gasteiger partial charge in [-0.15, -0.1) is 6.58 Å². The van der Waals surface area contributed by atoms with E-state index in [1.165, 1.54) is 0 Å². The molecule has 3 N–H and O–H groups in total. The summed E-state index contributed by atoms with van der Waals surface area (Å²) in [6.07, 6.45) is -0.885. The van der Waals surface area contributed by atoms with Crippen LogP contribution < -0.4 is 11.1 Å². The highest BCUT2D eigenvalue weighted by Crippen LogP contribution is 1.90. The maximum absolute atomic E-state index is 11.5. The zero-order valence-corrected chi connectivity index (χ0v) is 6.06. The highest BCUT2D eigenvalue weighted by Gasteiger charge is 1.99. The Morgan fingerprint density at radius 3 is 2.82 bits per heavy atom. The van der Waals surface area contributed by atoms with Crippen LogP contribution in [0.5, 0.6) is 0 Å². The molecule has 0 fully saturated rings. The Balaban J connectivity index is 3.53. The van der Waals surface area contributed by atoms with E-state index in [4.69, 9.17) is 5.73 Å². The van der Waals surface area contributed by atoms with Gasteiger partial charge >= 0.3 is 0 Å². The lowest BCUT2D eigenvalue weighted by molar-refractivity contribution is 0.158. The molecule has 0 unspecified atom stereocenters. The van der Waals surface area contributed by atoms with E-state index >= 15 is 0 Å². The van der Waals surface area contributed by atoms with Crippen LogP contribution in [0.25, 0.3) is 0 Å². The van der Waals surface area contributed by atoms with E-state index in [0.717, 1.165) is 0 Å². The fourth-order valence-electron chi connectivity index (χ4n) is 0.400. The van der Waals surface area contributed by atoms with Crippen molar-refractivity contribution in [1.29, 1.82) is 0 Å². The van der Waals surface area contributed by atoms with E-state index in [9.17, 15) is 8.78 Å². The zero-order valence-electron chi connectivity index (χ0n) is 6.06. The summed E-state index contributed by atoms with van der Waals surface area (Å²) < 4.78 is 23.0. The molecule has 0 aromatic rings. The Bertz CT molecular complexity index is 145. The second-order valence-electron chi connectivity index (χ2n) is 1.79. The highest BCUT2D eigenvalue weighted by atomic mass is 19.3. The summed E-state index contributed by atoms with van der Waals surface area (Å²) in [5.74, 6) is 0.0187. The van der Waals surface area contributed by atoms with Crippen LogP contribution >= 0.6 is 0 Å². The molecule has 0 saturated carbocycles. The van der Waals surface area contributed by atoms with E-state index < -0.39 is 13.0 Å². The van der Waals surface area contributed by atoms with Gasteiger partial charge < -0.3 is 11.1 Å². The second-order valence-corrected chi connectivity index (χ2v) is 1.79. The van der Waals surface area contributed by atoms with Crippen LogP contribution in [-0.4, -0.2) is 25.5 Å². The average Bonchev–Trinajstić information content (AvgIpc) is 1.97. The average molecular weight is 163 g/mol. The smallest absolute Gasteiger partial charge is 0.257 e. The molecule has 0 heterocycles. The van der Waals surface area contributed by atoms with E-state index in [1.54, 1.807) is 6.08 Å². The van der Waals surface area contributed by atoms with Crippen LogP contribution in [0.4, 0.5) is 8.78 Å². The minimum atomic E-state index is -2.45. The number of rotatable bonds is 4. The number of alkyl halides is 2. The molecular formula is C6H11F2N3. The second kappa shape index (κ2) is 5.64. The Hall–Kier alpha value is -1.13. The van der Waals surface area contributed by atoms with Crippen molar-refractivity contribution < 1.29 is 8.78 Å². The molecule has 0 rings (SSSR count). The van der Waals surface area contributed by atoms with Gasteiger partial charge in [0, 0.05) is 6.54 Å². The molecule has 0 aliphatic carbocycles. The van der Waals surface area contributed by atoms with Crippen molar-refractivity contribution in [2.24, 2.45) is 10.7 Å². The first kappa shape index (κ1) is 9.87. The van der Waals surface area contributed by atoms with Gasteiger partial charge in [0.1, 0.15) is 6.54 Å². The lowest BCUT2D eigenvalue weighted by Gasteiger charge is -2.00. The number of aliphatic imine (C=N–C) groups is 1. The van der Waals surface area contributed by atoms with Gasteiger partial charge in [0.25, 0.3) is 6.43 Å². The van der Waals surface area contributed by atoms with Crippen LogP contribution in [0.1, 0.15) is 0 Å². The van der Waals surface area contributed by atoms with Crippen molar-refractivity contribution in [1.82, 2.24) is 5.32 Å². The van der Waals surface area contributed by atoms with Crippen LogP contribution in [0.15, 0.2) is 17.6 Å². The number of hydrogen-bond acceptors (Lipinski definition) is 1. The molecule has 0 aliphatic heterocycles. The van der Waals surface area contributed by atoms with Gasteiger partial charge in [0.05, 0.1) is 0 Å². The molecule has 0 saturated heterocycles. The maximum Gasteiger partial charge on any atom is 0.257 e. The number of hydrogen-bond donors (Lipinski definition) is 2. The van der Waals surface area contributed by atoms with E-state index in [1.807, 2.05) is 0 Å². The fraction of sp³-hybridized carbons (Fsp3) is 0.500. The van der Waals surface area contributed by atoms with Gasteiger partial charge in [-0.1, -0.05) is 6.08 Å². The molecule has 3 nitrogen and oxygen atoms in total. The largest absolute Gasteiger partial charge is 0.370 e. The maximum atomic E-state index is 11.5. The Morgan fingerprint density at radius 2 is 2.36 bits per heavy atom. The summed E-state index contributed by atoms with van der Waals surface area (Å²) in [6, 6.07) is 0. The van der Waals surface area contributed by atoms with E-state index in [-0.39, 0.29) is 5.96 Å². The molecule has 11 heavy (non-hydrogen) atoms. The fourth-order valence-corrected chi connectivity index (χ4v) is 0.400. The summed E-state index contributed by atoms with van der Waals surface area (Å²) in [5, 5.41) is 2.56. The molecule has 0 aromatic carbocycles. The quantitative estimate of drug-likeness (QED) is 0.357. The molecule has 0 aliphatic rings. The Morgan fingerprint density at radius 1 is 1.73 bits per heavy atom. The van der Waals surface area contributed by atoms with Gasteiger partial charge in [-0.25, -0.2) is 13.8 Å². The molecule has 5 heteroatoms. The Labute approximate surface area is 64.0 Å². The summed E-state index contributed by atoms with van der Waals surface area (Å²) in [4.78, 5) is 3.35. The summed E-state index contributed by atoms with van der Waals surface area (Å²) >= 11 is 0. The monoisotopic (exact) mass is 163 g/mol. The van der Waals surface area contributed by atoms with Crippen LogP contribution in [0.2, 0.25) is 0 Å². The molecule has 0 amide bonds. The normalized spacial score (nSPS) is 11.7. The number of guanidine groups is 1. The summed E-state index contributed by atoms with van der Waals surface area (Å²) in [5.41, 5.74) is 5.17. The van der Waals surface area contributed by atoms with E-state index in [2.05, 4.69) is 16.9 Å². The third-order valence-electron chi connectivity index (χ3n) is 0.827. The molecule has 0 bridgehead atoms. The standard InChI is InChI=1S/C6H11F2N3/c1-2-3-10-6(9)11-4-5(7)8/h2,5H,1,3-4H2,(H3,9,10,11). The zero-order chi connectivity index (χ0) is 8.69. The highest BCUT2D eigenvalue weighted by molar-refractivity contribution is 5.77. The van der Waals surface area contributed by atoms with Crippen molar-refractivity contribution in [2.75, 3.05) is 13.1 Å². The molecule has 0 radical (unpaired) electrons. The first-order valence-electron chi connectivity index (χ1n) is 3.09. The summed E-state index contributed by atoms with van der Waals surface area (Å²) in [7, 11) is 0. The Kier molecular flexibility index (Phi) is 5.06. The first-order valence-corrected chi connectivity index (χ1v) is 3.09. The molecule has 0 atom stereocenters. The number of nitrogens with zero attached hydrogens (tertiary/aromatic N) is 1. The molecular weight excluding hydrogens is 152 g/mol. The topological polar surface area (TPSA) is 50.4 Å². The van der Waals surface area contributed by atoms with Crippen molar-refractivity contribution in [2.45, 2.75) is 6.43 Å². The van der Waals surface area contributed by atoms with Gasteiger partial charge in [0.15, 0.2) is 5.96 Å². The van der Waals surface area contributed by atoms with Crippen molar-refractivity contribution >= 4 is 5.96 Å². The predicted molar refractivity (Wildman–Crippen MR) is 40.7 cm³/mol. The third-order valence-corrected chi connectivity index (χ3v) is 0.827. The summed E-state index contributed by atoms with van der Waals surface area (Å²) in [6.45, 7) is 3.28. The lowest BCUT2D eigenvalue weighted by atomic mass is 10.6. The van der Waals surface area contributed by atoms with Crippen LogP contribution in [0, 0.1) is 0 Å². The SMILES string of the molecule is C=CCNC(N)=NCC(F)F. The van der Waals surface area contributed by atoms with Crippen LogP contribution in [0.3, 0.4) is 0 Å². The van der Waals surface area contributed by atoms with Crippen molar-refractivity contribution in [3.63, 3.8) is 0 Å². The minimum Gasteiger partial charge on any atom is -0.370 e. The van der Waals surface area contributed by atoms with Crippen molar-refractivity contribution in [3.8, 4) is 0 Å². The molecule has 64 valence electrons. The first-order chi connectivity index (χ1) is 5.16. The molecule has 0 spiro atoms. The van der Waals surface area contributed by atoms with Crippen LogP contribution in [-0.2, 0) is 0 Å². The lowest BCUT2D eigenvalue weighted by Crippen LogP contribution is -2.32. The minimum absolute atomic E-state index is 0.0187. The number of nitrogens with two attached hydrogens (primary N) is 1. The number of halogens is 2. The van der Waals surface area contributed by atoms with Gasteiger partial charge in [-0.05, 0) is 0 Å². The van der Waals surface area contributed by atoms with Gasteiger partial charge in [-0.2, -0.15) is 0 Å². The molecule has 0 aromatic heterocycles. The van der Waals surface area contributed by atoms with Gasteiger partial charge in [0.2, 0.25) is 0 Å². The number of nitrogens with one attached hydrogen (secondary N) is 1. The third kappa shape index (κ3) is 6.76. The van der Waals surface area contributed by atoms with Gasteiger partial charge in [-0.3, -0.25) is 0 Å².